The number of carbonyl (C=O) groups is 1. The molecule has 1 aromatic rings. The second kappa shape index (κ2) is 8.45. The van der Waals surface area contributed by atoms with Gasteiger partial charge in [0.15, 0.2) is 9.84 Å². The topological polar surface area (TPSA) is 66.5 Å². The van der Waals surface area contributed by atoms with Crippen molar-refractivity contribution >= 4 is 15.7 Å². The zero-order chi connectivity index (χ0) is 16.7. The molecule has 0 saturated carbocycles. The predicted octanol–water partition coefficient (Wildman–Crippen LogP) is 1.24. The SMILES string of the molecule is CNC1CCN(C(=O)CS(=O)(=O)CCCc2ccccc2)CC1. The summed E-state index contributed by atoms with van der Waals surface area (Å²) in [4.78, 5) is 13.9. The van der Waals surface area contributed by atoms with Gasteiger partial charge in [0.05, 0.1) is 5.75 Å². The summed E-state index contributed by atoms with van der Waals surface area (Å²) in [6.45, 7) is 1.29. The number of nitrogens with zero attached hydrogens (tertiary/aromatic N) is 1. The summed E-state index contributed by atoms with van der Waals surface area (Å²) in [5.74, 6) is -0.536. The van der Waals surface area contributed by atoms with Crippen LogP contribution in [0.1, 0.15) is 24.8 Å². The van der Waals surface area contributed by atoms with E-state index in [0.717, 1.165) is 24.8 Å². The fourth-order valence-corrected chi connectivity index (χ4v) is 4.20. The van der Waals surface area contributed by atoms with Crippen molar-refractivity contribution in [1.29, 1.82) is 0 Å². The summed E-state index contributed by atoms with van der Waals surface area (Å²) in [7, 11) is -1.41. The van der Waals surface area contributed by atoms with Crippen LogP contribution in [-0.4, -0.2) is 56.9 Å². The third kappa shape index (κ3) is 5.95. The lowest BCUT2D eigenvalue weighted by Crippen LogP contribution is -2.45. The third-order valence-electron chi connectivity index (χ3n) is 4.36. The Hall–Kier alpha value is -1.40. The van der Waals surface area contributed by atoms with Gasteiger partial charge in [0, 0.05) is 19.1 Å². The van der Waals surface area contributed by atoms with Gasteiger partial charge in [-0.1, -0.05) is 30.3 Å². The van der Waals surface area contributed by atoms with Gasteiger partial charge >= 0.3 is 0 Å². The van der Waals surface area contributed by atoms with Crippen LogP contribution >= 0.6 is 0 Å². The van der Waals surface area contributed by atoms with Crippen LogP contribution in [0.4, 0.5) is 0 Å². The highest BCUT2D eigenvalue weighted by atomic mass is 32.2. The minimum Gasteiger partial charge on any atom is -0.342 e. The van der Waals surface area contributed by atoms with Gasteiger partial charge in [-0.05, 0) is 38.3 Å². The average Bonchev–Trinajstić information content (AvgIpc) is 2.55. The van der Waals surface area contributed by atoms with Gasteiger partial charge in [-0.3, -0.25) is 4.79 Å². The largest absolute Gasteiger partial charge is 0.342 e. The van der Waals surface area contributed by atoms with Gasteiger partial charge in [0.2, 0.25) is 5.91 Å². The van der Waals surface area contributed by atoms with Crippen LogP contribution in [0.5, 0.6) is 0 Å². The van der Waals surface area contributed by atoms with Crippen molar-refractivity contribution in [3.63, 3.8) is 0 Å². The van der Waals surface area contributed by atoms with Crippen LogP contribution in [0, 0.1) is 0 Å². The van der Waals surface area contributed by atoms with Crippen molar-refractivity contribution in [1.82, 2.24) is 10.2 Å². The highest BCUT2D eigenvalue weighted by Crippen LogP contribution is 2.11. The summed E-state index contributed by atoms with van der Waals surface area (Å²) < 4.78 is 24.3. The molecule has 0 radical (unpaired) electrons. The van der Waals surface area contributed by atoms with Gasteiger partial charge in [0.25, 0.3) is 0 Å². The van der Waals surface area contributed by atoms with Crippen molar-refractivity contribution in [2.24, 2.45) is 0 Å². The second-order valence-electron chi connectivity index (χ2n) is 6.12. The molecule has 1 aliphatic rings. The van der Waals surface area contributed by atoms with E-state index in [2.05, 4.69) is 5.32 Å². The molecule has 1 amide bonds. The van der Waals surface area contributed by atoms with E-state index in [-0.39, 0.29) is 17.4 Å². The molecule has 0 atom stereocenters. The van der Waals surface area contributed by atoms with Crippen LogP contribution < -0.4 is 5.32 Å². The summed E-state index contributed by atoms with van der Waals surface area (Å²) in [6.07, 6.45) is 3.05. The van der Waals surface area contributed by atoms with Crippen LogP contribution in [0.15, 0.2) is 30.3 Å². The standard InChI is InChI=1S/C17H26N2O3S/c1-18-16-9-11-19(12-10-16)17(20)14-23(21,22)13-5-8-15-6-3-2-4-7-15/h2-4,6-7,16,18H,5,8-14H2,1H3. The number of amides is 1. The number of sulfone groups is 1. The van der Waals surface area contributed by atoms with E-state index in [1.165, 1.54) is 0 Å². The minimum absolute atomic E-state index is 0.0701. The van der Waals surface area contributed by atoms with E-state index in [4.69, 9.17) is 0 Å². The lowest BCUT2D eigenvalue weighted by Gasteiger charge is -2.31. The molecule has 0 aliphatic carbocycles. The van der Waals surface area contributed by atoms with E-state index in [1.807, 2.05) is 37.4 Å². The maximum atomic E-state index is 12.2. The Labute approximate surface area is 139 Å². The number of piperidine rings is 1. The Bertz CT molecular complexity index is 594. The number of carbonyl (C=O) groups excluding carboxylic acids is 1. The van der Waals surface area contributed by atoms with Crippen molar-refractivity contribution in [3.8, 4) is 0 Å². The number of hydrogen-bond donors (Lipinski definition) is 1. The van der Waals surface area contributed by atoms with Gasteiger partial charge < -0.3 is 10.2 Å². The zero-order valence-corrected chi connectivity index (χ0v) is 14.5. The van der Waals surface area contributed by atoms with Crippen molar-refractivity contribution in [3.05, 3.63) is 35.9 Å². The molecule has 1 aliphatic heterocycles. The highest BCUT2D eigenvalue weighted by molar-refractivity contribution is 7.92. The van der Waals surface area contributed by atoms with Gasteiger partial charge in [-0.15, -0.1) is 0 Å². The van der Waals surface area contributed by atoms with Crippen molar-refractivity contribution in [2.45, 2.75) is 31.7 Å². The molecule has 128 valence electrons. The van der Waals surface area contributed by atoms with Crippen molar-refractivity contribution < 1.29 is 13.2 Å². The predicted molar refractivity (Wildman–Crippen MR) is 92.1 cm³/mol. The molecule has 0 spiro atoms. The highest BCUT2D eigenvalue weighted by Gasteiger charge is 2.25. The van der Waals surface area contributed by atoms with E-state index in [9.17, 15) is 13.2 Å². The summed E-state index contributed by atoms with van der Waals surface area (Å²) in [5, 5.41) is 3.20. The molecule has 6 heteroatoms. The Balaban J connectivity index is 1.75. The van der Waals surface area contributed by atoms with Crippen LogP contribution in [0.2, 0.25) is 0 Å². The molecule has 0 bridgehead atoms. The van der Waals surface area contributed by atoms with Gasteiger partial charge in [-0.25, -0.2) is 8.42 Å². The lowest BCUT2D eigenvalue weighted by atomic mass is 10.1. The number of benzene rings is 1. The Morgan fingerprint density at radius 2 is 1.87 bits per heavy atom. The van der Waals surface area contributed by atoms with Crippen LogP contribution in [0.25, 0.3) is 0 Å². The van der Waals surface area contributed by atoms with Gasteiger partial charge in [-0.2, -0.15) is 0 Å². The Kier molecular flexibility index (Phi) is 6.59. The Morgan fingerprint density at radius 3 is 2.48 bits per heavy atom. The van der Waals surface area contributed by atoms with Crippen molar-refractivity contribution in [2.75, 3.05) is 31.6 Å². The molecule has 0 aromatic heterocycles. The average molecular weight is 338 g/mol. The smallest absolute Gasteiger partial charge is 0.237 e. The van der Waals surface area contributed by atoms with E-state index in [0.29, 0.717) is 25.6 Å². The van der Waals surface area contributed by atoms with Crippen LogP contribution in [0.3, 0.4) is 0 Å². The number of hydrogen-bond acceptors (Lipinski definition) is 4. The number of rotatable bonds is 7. The molecule has 1 N–H and O–H groups in total. The minimum atomic E-state index is -3.33. The first kappa shape index (κ1) is 17.9. The zero-order valence-electron chi connectivity index (χ0n) is 13.7. The molecular formula is C17H26N2O3S. The number of aryl methyl sites for hydroxylation is 1. The summed E-state index contributed by atoms with van der Waals surface area (Å²) >= 11 is 0. The molecule has 5 nitrogen and oxygen atoms in total. The van der Waals surface area contributed by atoms with E-state index in [1.54, 1.807) is 4.90 Å². The normalized spacial score (nSPS) is 16.5. The van der Waals surface area contributed by atoms with Gasteiger partial charge in [0.1, 0.15) is 5.75 Å². The van der Waals surface area contributed by atoms with E-state index >= 15 is 0 Å². The molecular weight excluding hydrogens is 312 g/mol. The van der Waals surface area contributed by atoms with E-state index < -0.39 is 9.84 Å². The molecule has 2 rings (SSSR count). The molecule has 1 saturated heterocycles. The molecule has 0 unspecified atom stereocenters. The first-order chi connectivity index (χ1) is 11.0. The lowest BCUT2D eigenvalue weighted by molar-refractivity contribution is -0.129. The molecule has 1 fully saturated rings. The van der Waals surface area contributed by atoms with Crippen LogP contribution in [-0.2, 0) is 21.1 Å². The molecule has 23 heavy (non-hydrogen) atoms. The fraction of sp³-hybridized carbons (Fsp3) is 0.588. The monoisotopic (exact) mass is 338 g/mol. The third-order valence-corrected chi connectivity index (χ3v) is 5.96. The Morgan fingerprint density at radius 1 is 1.22 bits per heavy atom. The number of likely N-dealkylation sites (tertiary alicyclic amines) is 1. The second-order valence-corrected chi connectivity index (χ2v) is 8.31. The number of nitrogens with one attached hydrogen (secondary N) is 1. The molecule has 1 heterocycles. The first-order valence-electron chi connectivity index (χ1n) is 8.19. The maximum Gasteiger partial charge on any atom is 0.237 e. The fourth-order valence-electron chi connectivity index (χ4n) is 2.91. The maximum absolute atomic E-state index is 12.2. The first-order valence-corrected chi connectivity index (χ1v) is 10.0. The summed E-state index contributed by atoms with van der Waals surface area (Å²) in [6, 6.07) is 10.2. The molecule has 1 aromatic carbocycles. The quantitative estimate of drug-likeness (QED) is 0.812. The summed E-state index contributed by atoms with van der Waals surface area (Å²) in [5.41, 5.74) is 1.13.